The van der Waals surface area contributed by atoms with Crippen LogP contribution in [0.5, 0.6) is 5.75 Å². The van der Waals surface area contributed by atoms with Crippen molar-refractivity contribution in [1.29, 1.82) is 0 Å². The van der Waals surface area contributed by atoms with Crippen molar-refractivity contribution in [2.45, 2.75) is 6.04 Å². The fourth-order valence-corrected chi connectivity index (χ4v) is 2.09. The van der Waals surface area contributed by atoms with Crippen LogP contribution >= 0.6 is 11.6 Å². The second-order valence-electron chi connectivity index (χ2n) is 3.87. The average Bonchev–Trinajstić information content (AvgIpc) is 2.78. The van der Waals surface area contributed by atoms with Crippen molar-refractivity contribution in [1.82, 2.24) is 15.2 Å². The van der Waals surface area contributed by atoms with Gasteiger partial charge in [0.1, 0.15) is 5.75 Å². The van der Waals surface area contributed by atoms with Crippen LogP contribution in [0.15, 0.2) is 30.5 Å². The van der Waals surface area contributed by atoms with E-state index < -0.39 is 0 Å². The number of aromatic nitrogens is 2. The first-order valence-electron chi connectivity index (χ1n) is 5.45. The Kier molecular flexibility index (Phi) is 3.86. The summed E-state index contributed by atoms with van der Waals surface area (Å²) in [5, 5.41) is 4.76. The van der Waals surface area contributed by atoms with Crippen LogP contribution in [0.1, 0.15) is 17.3 Å². The van der Waals surface area contributed by atoms with Gasteiger partial charge in [-0.15, -0.1) is 0 Å². The van der Waals surface area contributed by atoms with Gasteiger partial charge in [0.15, 0.2) is 0 Å². The number of aryl methyl sites for hydroxylation is 1. The van der Waals surface area contributed by atoms with Gasteiger partial charge >= 0.3 is 0 Å². The minimum atomic E-state index is -0.204. The number of nitrogens with two attached hydrogens (primary N) is 1. The van der Waals surface area contributed by atoms with E-state index >= 15 is 0 Å². The summed E-state index contributed by atoms with van der Waals surface area (Å²) < 4.78 is 7.10. The molecule has 0 aliphatic carbocycles. The molecule has 0 spiro atoms. The van der Waals surface area contributed by atoms with Crippen molar-refractivity contribution in [3.05, 3.63) is 46.7 Å². The smallest absolute Gasteiger partial charge is 0.125 e. The van der Waals surface area contributed by atoms with Gasteiger partial charge in [0.05, 0.1) is 18.8 Å². The Morgan fingerprint density at radius 3 is 2.78 bits per heavy atom. The fraction of sp³-hybridized carbons (Fsp3) is 0.250. The number of halogens is 1. The zero-order valence-electron chi connectivity index (χ0n) is 10.2. The lowest BCUT2D eigenvalue weighted by molar-refractivity contribution is 0.402. The maximum absolute atomic E-state index is 5.95. The molecule has 3 N–H and O–H groups in total. The summed E-state index contributed by atoms with van der Waals surface area (Å²) in [5.74, 6) is 6.33. The van der Waals surface area contributed by atoms with Crippen molar-refractivity contribution in [2.24, 2.45) is 12.9 Å². The molecule has 6 heteroatoms. The van der Waals surface area contributed by atoms with Crippen molar-refractivity contribution in [2.75, 3.05) is 7.11 Å². The molecule has 0 radical (unpaired) electrons. The predicted molar refractivity (Wildman–Crippen MR) is 70.4 cm³/mol. The SMILES string of the molecule is COc1cc(Cl)ccc1C(NN)c1ccnn1C. The number of methoxy groups -OCH3 is 1. The number of rotatable bonds is 4. The van der Waals surface area contributed by atoms with Gasteiger partial charge in [-0.1, -0.05) is 17.7 Å². The van der Waals surface area contributed by atoms with Gasteiger partial charge in [-0.2, -0.15) is 5.10 Å². The van der Waals surface area contributed by atoms with Crippen LogP contribution in [0.4, 0.5) is 0 Å². The van der Waals surface area contributed by atoms with Crippen LogP contribution in [-0.2, 0) is 7.05 Å². The summed E-state index contributed by atoms with van der Waals surface area (Å²) in [6.45, 7) is 0. The van der Waals surface area contributed by atoms with Crippen molar-refractivity contribution in [3.8, 4) is 5.75 Å². The summed E-state index contributed by atoms with van der Waals surface area (Å²) in [5.41, 5.74) is 4.62. The molecule has 0 amide bonds. The van der Waals surface area contributed by atoms with Crippen LogP contribution < -0.4 is 16.0 Å². The molecular weight excluding hydrogens is 252 g/mol. The standard InChI is InChI=1S/C12H15ClN4O/c1-17-10(5-6-15-17)12(16-14)9-4-3-8(13)7-11(9)18-2/h3-7,12,16H,14H2,1-2H3. The molecule has 0 saturated carbocycles. The molecule has 0 fully saturated rings. The normalized spacial score (nSPS) is 12.4. The van der Waals surface area contributed by atoms with Crippen molar-refractivity contribution < 1.29 is 4.74 Å². The van der Waals surface area contributed by atoms with Crippen LogP contribution in [0.3, 0.4) is 0 Å². The third kappa shape index (κ3) is 2.33. The first-order chi connectivity index (χ1) is 8.67. The molecule has 2 rings (SSSR count). The molecule has 1 atom stereocenters. The highest BCUT2D eigenvalue weighted by molar-refractivity contribution is 6.30. The molecule has 0 bridgehead atoms. The molecule has 96 valence electrons. The van der Waals surface area contributed by atoms with Gasteiger partial charge in [0.25, 0.3) is 0 Å². The third-order valence-electron chi connectivity index (χ3n) is 2.83. The second-order valence-corrected chi connectivity index (χ2v) is 4.30. The molecular formula is C12H15ClN4O. The summed E-state index contributed by atoms with van der Waals surface area (Å²) in [4.78, 5) is 0. The molecule has 2 aromatic rings. The lowest BCUT2D eigenvalue weighted by Crippen LogP contribution is -2.30. The minimum absolute atomic E-state index is 0.204. The van der Waals surface area contributed by atoms with E-state index in [2.05, 4.69) is 10.5 Å². The van der Waals surface area contributed by atoms with Gasteiger partial charge < -0.3 is 4.74 Å². The lowest BCUT2D eigenvalue weighted by atomic mass is 10.0. The molecule has 0 aliphatic rings. The number of nitrogens with one attached hydrogen (secondary N) is 1. The van der Waals surface area contributed by atoms with E-state index in [0.29, 0.717) is 10.8 Å². The van der Waals surface area contributed by atoms with E-state index in [1.54, 1.807) is 30.1 Å². The van der Waals surface area contributed by atoms with Gasteiger partial charge in [0, 0.05) is 23.8 Å². The third-order valence-corrected chi connectivity index (χ3v) is 3.06. The summed E-state index contributed by atoms with van der Waals surface area (Å²) in [6.07, 6.45) is 1.72. The number of hydrogen-bond acceptors (Lipinski definition) is 4. The Balaban J connectivity index is 2.48. The minimum Gasteiger partial charge on any atom is -0.496 e. The molecule has 1 unspecified atom stereocenters. The highest BCUT2D eigenvalue weighted by Crippen LogP contribution is 2.31. The van der Waals surface area contributed by atoms with Crippen LogP contribution in [0.2, 0.25) is 5.02 Å². The number of hydrazine groups is 1. The molecule has 5 nitrogen and oxygen atoms in total. The zero-order chi connectivity index (χ0) is 13.1. The van der Waals surface area contributed by atoms with Crippen LogP contribution in [-0.4, -0.2) is 16.9 Å². The van der Waals surface area contributed by atoms with Crippen LogP contribution in [0, 0.1) is 0 Å². The monoisotopic (exact) mass is 266 g/mol. The highest BCUT2D eigenvalue weighted by atomic mass is 35.5. The second kappa shape index (κ2) is 5.39. The maximum Gasteiger partial charge on any atom is 0.125 e. The number of nitrogens with zero attached hydrogens (tertiary/aromatic N) is 2. The van der Waals surface area contributed by atoms with E-state index in [9.17, 15) is 0 Å². The number of ether oxygens (including phenoxy) is 1. The Morgan fingerprint density at radius 1 is 1.44 bits per heavy atom. The molecule has 0 aliphatic heterocycles. The Bertz CT molecular complexity index is 541. The van der Waals surface area contributed by atoms with Gasteiger partial charge in [-0.05, 0) is 18.2 Å². The highest BCUT2D eigenvalue weighted by Gasteiger charge is 2.19. The Hall–Kier alpha value is -1.56. The largest absolute Gasteiger partial charge is 0.496 e. The van der Waals surface area contributed by atoms with E-state index in [1.165, 1.54) is 0 Å². The molecule has 18 heavy (non-hydrogen) atoms. The molecule has 0 saturated heterocycles. The first kappa shape index (κ1) is 12.9. The topological polar surface area (TPSA) is 65.1 Å². The van der Waals surface area contributed by atoms with Gasteiger partial charge in [-0.3, -0.25) is 10.5 Å². The van der Waals surface area contributed by atoms with Crippen LogP contribution in [0.25, 0.3) is 0 Å². The van der Waals surface area contributed by atoms with E-state index in [0.717, 1.165) is 11.3 Å². The quantitative estimate of drug-likeness (QED) is 0.652. The van der Waals surface area contributed by atoms with E-state index in [4.69, 9.17) is 22.2 Å². The fourth-order valence-electron chi connectivity index (χ4n) is 1.93. The summed E-state index contributed by atoms with van der Waals surface area (Å²) >= 11 is 5.95. The molecule has 1 aromatic carbocycles. The van der Waals surface area contributed by atoms with Crippen molar-refractivity contribution in [3.63, 3.8) is 0 Å². The summed E-state index contributed by atoms with van der Waals surface area (Å²) in [7, 11) is 3.47. The Morgan fingerprint density at radius 2 is 2.22 bits per heavy atom. The van der Waals surface area contributed by atoms with E-state index in [1.807, 2.05) is 19.2 Å². The average molecular weight is 267 g/mol. The number of hydrogen-bond donors (Lipinski definition) is 2. The van der Waals surface area contributed by atoms with E-state index in [-0.39, 0.29) is 6.04 Å². The predicted octanol–water partition coefficient (Wildman–Crippen LogP) is 1.63. The zero-order valence-corrected chi connectivity index (χ0v) is 11.0. The molecule has 1 aromatic heterocycles. The van der Waals surface area contributed by atoms with Gasteiger partial charge in [-0.25, -0.2) is 5.43 Å². The first-order valence-corrected chi connectivity index (χ1v) is 5.82. The maximum atomic E-state index is 5.95. The Labute approximate surface area is 110 Å². The molecule has 1 heterocycles. The lowest BCUT2D eigenvalue weighted by Gasteiger charge is -2.19. The van der Waals surface area contributed by atoms with Crippen molar-refractivity contribution >= 4 is 11.6 Å². The van der Waals surface area contributed by atoms with Gasteiger partial charge in [0.2, 0.25) is 0 Å². The summed E-state index contributed by atoms with van der Waals surface area (Å²) in [6, 6.07) is 7.15. The number of benzene rings is 1.